The van der Waals surface area contributed by atoms with Gasteiger partial charge in [0.1, 0.15) is 5.75 Å². The maximum atomic E-state index is 5.28. The van der Waals surface area contributed by atoms with Crippen LogP contribution < -0.4 is 15.4 Å². The first-order chi connectivity index (χ1) is 12.2. The molecule has 0 aliphatic heterocycles. The number of methoxy groups -OCH3 is 1. The molecule has 5 nitrogen and oxygen atoms in total. The fourth-order valence-electron chi connectivity index (χ4n) is 2.27. The highest BCUT2D eigenvalue weighted by Gasteiger charge is 1.98. The highest BCUT2D eigenvalue weighted by molar-refractivity contribution is 7.80. The van der Waals surface area contributed by atoms with Gasteiger partial charge >= 0.3 is 0 Å². The monoisotopic (exact) mass is 350 g/mol. The molecule has 1 heterocycles. The van der Waals surface area contributed by atoms with E-state index >= 15 is 0 Å². The Balaban J connectivity index is 1.65. The smallest absolute Gasteiger partial charge is 0.193 e. The standard InChI is InChI=1S/C19H18N4OS/c1-24-18-9-5-6-15(12-18)13-20-19(25)22-16-10-11-23(21-14-16)17-7-3-2-4-8-17/h2-12,14H,13H2,1H3,(H,20,25). The fraction of sp³-hybridized carbons (Fsp3) is 0.105. The van der Waals surface area contributed by atoms with Crippen LogP contribution in [0.25, 0.3) is 5.69 Å². The lowest BCUT2D eigenvalue weighted by Crippen LogP contribution is -2.22. The van der Waals surface area contributed by atoms with Gasteiger partial charge in [-0.25, -0.2) is 9.67 Å². The maximum absolute atomic E-state index is 5.28. The Hall–Kier alpha value is -2.99. The van der Waals surface area contributed by atoms with Crippen molar-refractivity contribution in [2.75, 3.05) is 7.11 Å². The molecule has 25 heavy (non-hydrogen) atoms. The zero-order valence-corrected chi connectivity index (χ0v) is 14.6. The van der Waals surface area contributed by atoms with Crippen molar-refractivity contribution in [1.82, 2.24) is 15.1 Å². The van der Waals surface area contributed by atoms with Crippen molar-refractivity contribution >= 4 is 17.3 Å². The zero-order valence-electron chi connectivity index (χ0n) is 13.8. The van der Waals surface area contributed by atoms with Gasteiger partial charge in [0, 0.05) is 12.7 Å². The number of hydrogen-bond donors (Lipinski definition) is 1. The van der Waals surface area contributed by atoms with Gasteiger partial charge in [0.15, 0.2) is 5.11 Å². The van der Waals surface area contributed by atoms with E-state index in [9.17, 15) is 0 Å². The SMILES string of the molecule is COc1cccc(CNC(=S)N=c2ccn(-c3ccccc3)nc2)c1. The van der Waals surface area contributed by atoms with Crippen molar-refractivity contribution in [3.8, 4) is 11.4 Å². The Morgan fingerprint density at radius 2 is 2.00 bits per heavy atom. The highest BCUT2D eigenvalue weighted by atomic mass is 32.1. The Kier molecular flexibility index (Phi) is 5.53. The summed E-state index contributed by atoms with van der Waals surface area (Å²) in [5.41, 5.74) is 2.07. The van der Waals surface area contributed by atoms with Crippen molar-refractivity contribution in [3.63, 3.8) is 0 Å². The van der Waals surface area contributed by atoms with Crippen LogP contribution in [0, 0.1) is 0 Å². The summed E-state index contributed by atoms with van der Waals surface area (Å²) in [5, 5.41) is 8.60. The van der Waals surface area contributed by atoms with Crippen LogP contribution in [0.15, 0.2) is 78.0 Å². The molecule has 0 fully saturated rings. The number of hydrogen-bond acceptors (Lipinski definition) is 3. The molecular formula is C19H18N4OS. The number of benzene rings is 2. The van der Waals surface area contributed by atoms with E-state index in [-0.39, 0.29) is 0 Å². The van der Waals surface area contributed by atoms with E-state index in [1.807, 2.05) is 66.9 Å². The molecule has 0 aliphatic carbocycles. The van der Waals surface area contributed by atoms with Crippen LogP contribution in [0.2, 0.25) is 0 Å². The number of nitrogens with zero attached hydrogens (tertiary/aromatic N) is 3. The molecule has 0 radical (unpaired) electrons. The molecule has 3 rings (SSSR count). The third-order valence-electron chi connectivity index (χ3n) is 3.53. The summed E-state index contributed by atoms with van der Waals surface area (Å²) in [7, 11) is 1.65. The molecule has 0 spiro atoms. The number of ether oxygens (including phenoxy) is 1. The van der Waals surface area contributed by atoms with Gasteiger partial charge in [-0.2, -0.15) is 5.10 Å². The number of nitrogens with one attached hydrogen (secondary N) is 1. The van der Waals surface area contributed by atoms with E-state index in [0.29, 0.717) is 17.0 Å². The largest absolute Gasteiger partial charge is 0.497 e. The molecular weight excluding hydrogens is 332 g/mol. The second-order valence-corrected chi connectivity index (χ2v) is 5.67. The molecule has 126 valence electrons. The van der Waals surface area contributed by atoms with E-state index in [0.717, 1.165) is 17.0 Å². The Morgan fingerprint density at radius 1 is 1.16 bits per heavy atom. The van der Waals surface area contributed by atoms with Gasteiger partial charge in [-0.05, 0) is 48.1 Å². The number of rotatable bonds is 4. The quantitative estimate of drug-likeness (QED) is 0.735. The van der Waals surface area contributed by atoms with Gasteiger partial charge in [0.05, 0.1) is 24.4 Å². The first-order valence-corrected chi connectivity index (χ1v) is 8.21. The van der Waals surface area contributed by atoms with Crippen molar-refractivity contribution in [3.05, 3.63) is 84.0 Å². The molecule has 6 heteroatoms. The predicted octanol–water partition coefficient (Wildman–Crippen LogP) is 2.86. The Labute approximate surface area is 151 Å². The van der Waals surface area contributed by atoms with Gasteiger partial charge < -0.3 is 10.1 Å². The Morgan fingerprint density at radius 3 is 2.72 bits per heavy atom. The molecule has 0 atom stereocenters. The lowest BCUT2D eigenvalue weighted by molar-refractivity contribution is 0.414. The Bertz CT molecular complexity index is 901. The summed E-state index contributed by atoms with van der Waals surface area (Å²) in [6.45, 7) is 0.587. The molecule has 0 bridgehead atoms. The van der Waals surface area contributed by atoms with Crippen molar-refractivity contribution in [2.24, 2.45) is 4.99 Å². The average Bonchev–Trinajstić information content (AvgIpc) is 2.68. The molecule has 0 unspecified atom stereocenters. The third kappa shape index (κ3) is 4.74. The normalized spacial score (nSPS) is 11.2. The van der Waals surface area contributed by atoms with Crippen LogP contribution in [0.3, 0.4) is 0 Å². The van der Waals surface area contributed by atoms with Crippen molar-refractivity contribution in [1.29, 1.82) is 0 Å². The minimum absolute atomic E-state index is 0.419. The van der Waals surface area contributed by atoms with E-state index in [1.165, 1.54) is 0 Å². The second-order valence-electron chi connectivity index (χ2n) is 5.29. The number of aromatic nitrogens is 2. The topological polar surface area (TPSA) is 51.4 Å². The molecule has 1 N–H and O–H groups in total. The van der Waals surface area contributed by atoms with Crippen LogP contribution in [-0.2, 0) is 6.54 Å². The summed E-state index contributed by atoms with van der Waals surface area (Å²) < 4.78 is 6.99. The van der Waals surface area contributed by atoms with E-state index in [2.05, 4.69) is 15.4 Å². The second kappa shape index (κ2) is 8.21. The third-order valence-corrected chi connectivity index (χ3v) is 3.77. The predicted molar refractivity (Wildman–Crippen MR) is 102 cm³/mol. The lowest BCUT2D eigenvalue weighted by atomic mass is 10.2. The molecule has 0 aliphatic rings. The van der Waals surface area contributed by atoms with Gasteiger partial charge in [-0.1, -0.05) is 30.3 Å². The van der Waals surface area contributed by atoms with Gasteiger partial charge in [-0.15, -0.1) is 0 Å². The molecule has 2 aromatic carbocycles. The van der Waals surface area contributed by atoms with Gasteiger partial charge in [0.2, 0.25) is 0 Å². The molecule has 0 amide bonds. The summed E-state index contributed by atoms with van der Waals surface area (Å²) in [4.78, 5) is 4.36. The van der Waals surface area contributed by atoms with Crippen LogP contribution >= 0.6 is 12.2 Å². The van der Waals surface area contributed by atoms with Crippen LogP contribution in [0.5, 0.6) is 5.75 Å². The van der Waals surface area contributed by atoms with Crippen LogP contribution in [-0.4, -0.2) is 22.0 Å². The first kappa shape index (κ1) is 16.9. The average molecular weight is 350 g/mol. The van der Waals surface area contributed by atoms with Gasteiger partial charge in [0.25, 0.3) is 0 Å². The molecule has 3 aromatic rings. The van der Waals surface area contributed by atoms with Gasteiger partial charge in [-0.3, -0.25) is 0 Å². The van der Waals surface area contributed by atoms with E-state index < -0.39 is 0 Å². The van der Waals surface area contributed by atoms with E-state index in [1.54, 1.807) is 18.0 Å². The highest BCUT2D eigenvalue weighted by Crippen LogP contribution is 2.12. The molecule has 0 saturated carbocycles. The minimum Gasteiger partial charge on any atom is -0.497 e. The number of thiocarbonyl (C=S) groups is 1. The van der Waals surface area contributed by atoms with Crippen LogP contribution in [0.4, 0.5) is 0 Å². The van der Waals surface area contributed by atoms with E-state index in [4.69, 9.17) is 17.0 Å². The lowest BCUT2D eigenvalue weighted by Gasteiger charge is -2.06. The summed E-state index contributed by atoms with van der Waals surface area (Å²) in [6, 6.07) is 19.6. The molecule has 0 saturated heterocycles. The fourth-order valence-corrected chi connectivity index (χ4v) is 2.44. The summed E-state index contributed by atoms with van der Waals surface area (Å²) in [5.74, 6) is 0.819. The summed E-state index contributed by atoms with van der Waals surface area (Å²) in [6.07, 6.45) is 3.55. The summed E-state index contributed by atoms with van der Waals surface area (Å²) >= 11 is 5.28. The molecule has 1 aromatic heterocycles. The first-order valence-electron chi connectivity index (χ1n) is 7.80. The van der Waals surface area contributed by atoms with Crippen LogP contribution in [0.1, 0.15) is 5.56 Å². The maximum Gasteiger partial charge on any atom is 0.193 e. The number of para-hydroxylation sites is 1. The zero-order chi connectivity index (χ0) is 17.5. The van der Waals surface area contributed by atoms with Crippen molar-refractivity contribution in [2.45, 2.75) is 6.54 Å². The van der Waals surface area contributed by atoms with Crippen molar-refractivity contribution < 1.29 is 4.74 Å². The minimum atomic E-state index is 0.419.